The molecule has 1 aromatic carbocycles. The van der Waals surface area contributed by atoms with Crippen LogP contribution in [0.3, 0.4) is 0 Å². The minimum absolute atomic E-state index is 0.394. The summed E-state index contributed by atoms with van der Waals surface area (Å²) in [4.78, 5) is 4.47. The first-order chi connectivity index (χ1) is 7.35. The summed E-state index contributed by atoms with van der Waals surface area (Å²) in [5.41, 5.74) is 1.74. The van der Waals surface area contributed by atoms with E-state index < -0.39 is 6.29 Å². The van der Waals surface area contributed by atoms with Crippen molar-refractivity contribution in [2.24, 2.45) is 0 Å². The van der Waals surface area contributed by atoms with Gasteiger partial charge in [0.05, 0.1) is 11.2 Å². The second-order valence-electron chi connectivity index (χ2n) is 3.23. The quantitative estimate of drug-likeness (QED) is 0.718. The van der Waals surface area contributed by atoms with Gasteiger partial charge in [0.2, 0.25) is 6.29 Å². The number of para-hydroxylation sites is 1. The summed E-state index contributed by atoms with van der Waals surface area (Å²) in [6, 6.07) is 11.9. The third-order valence-corrected chi connectivity index (χ3v) is 2.29. The Hall–Kier alpha value is -1.45. The molecular weight excluding hydrogens is 190 g/mol. The summed E-state index contributed by atoms with van der Waals surface area (Å²) in [6.45, 7) is 0. The van der Waals surface area contributed by atoms with Gasteiger partial charge in [-0.1, -0.05) is 24.3 Å². The predicted molar refractivity (Wildman–Crippen MR) is 58.5 cm³/mol. The summed E-state index contributed by atoms with van der Waals surface area (Å²) < 4.78 is 10.3. The summed E-state index contributed by atoms with van der Waals surface area (Å²) in [5, 5.41) is 1.12. The van der Waals surface area contributed by atoms with Crippen molar-refractivity contribution in [1.29, 1.82) is 0 Å². The first kappa shape index (κ1) is 10.1. The molecule has 15 heavy (non-hydrogen) atoms. The van der Waals surface area contributed by atoms with Crippen molar-refractivity contribution in [2.75, 3.05) is 14.2 Å². The van der Waals surface area contributed by atoms with Gasteiger partial charge >= 0.3 is 0 Å². The van der Waals surface area contributed by atoms with E-state index in [1.165, 1.54) is 0 Å². The molecule has 0 bridgehead atoms. The van der Waals surface area contributed by atoms with Gasteiger partial charge in [-0.15, -0.1) is 0 Å². The molecule has 0 aliphatic carbocycles. The van der Waals surface area contributed by atoms with Crippen LogP contribution in [-0.2, 0) is 9.47 Å². The smallest absolute Gasteiger partial charge is 0.200 e. The van der Waals surface area contributed by atoms with Crippen LogP contribution in [0.4, 0.5) is 0 Å². The SMILES string of the molecule is COC(OC)c1ccc2ccccc2n1. The van der Waals surface area contributed by atoms with Crippen LogP contribution in [0.2, 0.25) is 0 Å². The van der Waals surface area contributed by atoms with Gasteiger partial charge in [0, 0.05) is 19.6 Å². The summed E-state index contributed by atoms with van der Waals surface area (Å²) in [5.74, 6) is 0. The van der Waals surface area contributed by atoms with E-state index in [-0.39, 0.29) is 0 Å². The van der Waals surface area contributed by atoms with E-state index in [1.54, 1.807) is 14.2 Å². The molecule has 1 heterocycles. The minimum atomic E-state index is -0.394. The molecule has 2 rings (SSSR count). The summed E-state index contributed by atoms with van der Waals surface area (Å²) in [7, 11) is 3.20. The van der Waals surface area contributed by atoms with Gasteiger partial charge < -0.3 is 9.47 Å². The fraction of sp³-hybridized carbons (Fsp3) is 0.250. The van der Waals surface area contributed by atoms with Gasteiger partial charge in [-0.05, 0) is 12.1 Å². The van der Waals surface area contributed by atoms with E-state index >= 15 is 0 Å². The molecule has 3 nitrogen and oxygen atoms in total. The molecule has 0 atom stereocenters. The van der Waals surface area contributed by atoms with E-state index in [2.05, 4.69) is 4.98 Å². The number of aromatic nitrogens is 1. The Labute approximate surface area is 88.7 Å². The van der Waals surface area contributed by atoms with Crippen LogP contribution < -0.4 is 0 Å². The molecule has 0 aliphatic heterocycles. The number of rotatable bonds is 3. The Morgan fingerprint density at radius 2 is 1.73 bits per heavy atom. The molecule has 0 saturated carbocycles. The molecule has 0 unspecified atom stereocenters. The zero-order chi connectivity index (χ0) is 10.7. The van der Waals surface area contributed by atoms with Gasteiger partial charge in [-0.2, -0.15) is 0 Å². The minimum Gasteiger partial charge on any atom is -0.350 e. The molecule has 3 heteroatoms. The van der Waals surface area contributed by atoms with Crippen LogP contribution in [0, 0.1) is 0 Å². The highest BCUT2D eigenvalue weighted by molar-refractivity contribution is 5.78. The Morgan fingerprint density at radius 3 is 2.47 bits per heavy atom. The lowest BCUT2D eigenvalue weighted by Crippen LogP contribution is -2.05. The van der Waals surface area contributed by atoms with Crippen molar-refractivity contribution in [1.82, 2.24) is 4.98 Å². The van der Waals surface area contributed by atoms with Crippen molar-refractivity contribution in [3.8, 4) is 0 Å². The van der Waals surface area contributed by atoms with Gasteiger partial charge in [-0.25, -0.2) is 4.98 Å². The molecule has 78 valence electrons. The van der Waals surface area contributed by atoms with Crippen LogP contribution in [0.25, 0.3) is 10.9 Å². The standard InChI is InChI=1S/C12H13NO2/c1-14-12(15-2)11-8-7-9-5-3-4-6-10(9)13-11/h3-8,12H,1-2H3. The van der Waals surface area contributed by atoms with Crippen molar-refractivity contribution in [2.45, 2.75) is 6.29 Å². The first-order valence-corrected chi connectivity index (χ1v) is 4.76. The topological polar surface area (TPSA) is 31.4 Å². The maximum Gasteiger partial charge on any atom is 0.200 e. The average Bonchev–Trinajstić information content (AvgIpc) is 2.30. The molecule has 0 saturated heterocycles. The second-order valence-corrected chi connectivity index (χ2v) is 3.23. The zero-order valence-corrected chi connectivity index (χ0v) is 8.81. The maximum atomic E-state index is 5.15. The zero-order valence-electron chi connectivity index (χ0n) is 8.81. The molecule has 0 radical (unpaired) electrons. The summed E-state index contributed by atoms with van der Waals surface area (Å²) >= 11 is 0. The van der Waals surface area contributed by atoms with Crippen LogP contribution in [0.15, 0.2) is 36.4 Å². The lowest BCUT2D eigenvalue weighted by atomic mass is 10.2. The fourth-order valence-electron chi connectivity index (χ4n) is 1.55. The third kappa shape index (κ3) is 1.98. The largest absolute Gasteiger partial charge is 0.350 e. The molecule has 0 fully saturated rings. The van der Waals surface area contributed by atoms with Crippen molar-refractivity contribution >= 4 is 10.9 Å². The molecule has 0 spiro atoms. The molecule has 0 aliphatic rings. The molecule has 1 aromatic heterocycles. The summed E-state index contributed by atoms with van der Waals surface area (Å²) in [6.07, 6.45) is -0.394. The van der Waals surface area contributed by atoms with E-state index in [0.29, 0.717) is 0 Å². The maximum absolute atomic E-state index is 5.15. The van der Waals surface area contributed by atoms with Gasteiger partial charge in [0.15, 0.2) is 0 Å². The van der Waals surface area contributed by atoms with Crippen molar-refractivity contribution < 1.29 is 9.47 Å². The van der Waals surface area contributed by atoms with E-state index in [1.807, 2.05) is 36.4 Å². The van der Waals surface area contributed by atoms with Crippen LogP contribution >= 0.6 is 0 Å². The lowest BCUT2D eigenvalue weighted by molar-refractivity contribution is -0.108. The monoisotopic (exact) mass is 203 g/mol. The molecular formula is C12H13NO2. The number of fused-ring (bicyclic) bond motifs is 1. The van der Waals surface area contributed by atoms with Crippen molar-refractivity contribution in [3.05, 3.63) is 42.1 Å². The molecule has 0 amide bonds. The third-order valence-electron chi connectivity index (χ3n) is 2.29. The van der Waals surface area contributed by atoms with Gasteiger partial charge in [0.1, 0.15) is 0 Å². The highest BCUT2D eigenvalue weighted by Gasteiger charge is 2.10. The Balaban J connectivity index is 2.46. The normalized spacial score (nSPS) is 11.1. The molecule has 0 N–H and O–H groups in total. The number of methoxy groups -OCH3 is 2. The van der Waals surface area contributed by atoms with E-state index in [9.17, 15) is 0 Å². The van der Waals surface area contributed by atoms with Gasteiger partial charge in [0.25, 0.3) is 0 Å². The van der Waals surface area contributed by atoms with E-state index in [0.717, 1.165) is 16.6 Å². The number of hydrogen-bond acceptors (Lipinski definition) is 3. The number of benzene rings is 1. The highest BCUT2D eigenvalue weighted by Crippen LogP contribution is 2.18. The van der Waals surface area contributed by atoms with E-state index in [4.69, 9.17) is 9.47 Å². The van der Waals surface area contributed by atoms with Crippen LogP contribution in [0.1, 0.15) is 12.0 Å². The number of ether oxygens (including phenoxy) is 2. The van der Waals surface area contributed by atoms with Crippen LogP contribution in [-0.4, -0.2) is 19.2 Å². The number of hydrogen-bond donors (Lipinski definition) is 0. The first-order valence-electron chi connectivity index (χ1n) is 4.76. The average molecular weight is 203 g/mol. The predicted octanol–water partition coefficient (Wildman–Crippen LogP) is 2.53. The fourth-order valence-corrected chi connectivity index (χ4v) is 1.55. The van der Waals surface area contributed by atoms with Gasteiger partial charge in [-0.3, -0.25) is 0 Å². The Kier molecular flexibility index (Phi) is 2.94. The highest BCUT2D eigenvalue weighted by atomic mass is 16.7. The number of pyridine rings is 1. The second kappa shape index (κ2) is 4.38. The van der Waals surface area contributed by atoms with Crippen LogP contribution in [0.5, 0.6) is 0 Å². The number of nitrogens with zero attached hydrogens (tertiary/aromatic N) is 1. The van der Waals surface area contributed by atoms with Crippen molar-refractivity contribution in [3.63, 3.8) is 0 Å². The Morgan fingerprint density at radius 1 is 1.00 bits per heavy atom. The lowest BCUT2D eigenvalue weighted by Gasteiger charge is -2.12. The molecule has 2 aromatic rings. The Bertz CT molecular complexity index is 452.